The van der Waals surface area contributed by atoms with Gasteiger partial charge in [0.25, 0.3) is 0 Å². The number of nitrogens with one attached hydrogen (secondary N) is 2. The number of hydrogen-bond acceptors (Lipinski definition) is 4. The van der Waals surface area contributed by atoms with E-state index in [1.165, 1.54) is 13.2 Å². The van der Waals surface area contributed by atoms with Gasteiger partial charge in [-0.2, -0.15) is 0 Å². The highest BCUT2D eigenvalue weighted by molar-refractivity contribution is 5.31. The molecule has 1 aliphatic rings. The predicted octanol–water partition coefficient (Wildman–Crippen LogP) is 1.08. The molecule has 1 aromatic carbocycles. The van der Waals surface area contributed by atoms with E-state index < -0.39 is 0 Å². The van der Waals surface area contributed by atoms with Crippen LogP contribution in [0.1, 0.15) is 11.6 Å². The van der Waals surface area contributed by atoms with Gasteiger partial charge >= 0.3 is 0 Å². The van der Waals surface area contributed by atoms with Gasteiger partial charge in [-0.05, 0) is 24.7 Å². The Balaban J connectivity index is 2.18. The smallest absolute Gasteiger partial charge is 0.165 e. The lowest BCUT2D eigenvalue weighted by atomic mass is 9.99. The zero-order valence-electron chi connectivity index (χ0n) is 10.7. The number of ether oxygens (including phenoxy) is 2. The molecule has 0 bridgehead atoms. The lowest BCUT2D eigenvalue weighted by Crippen LogP contribution is -2.48. The summed E-state index contributed by atoms with van der Waals surface area (Å²) in [4.78, 5) is 0. The van der Waals surface area contributed by atoms with Crippen molar-refractivity contribution in [1.29, 1.82) is 0 Å². The van der Waals surface area contributed by atoms with Gasteiger partial charge < -0.3 is 20.1 Å². The molecule has 0 saturated carbocycles. The van der Waals surface area contributed by atoms with Crippen LogP contribution in [0, 0.1) is 5.82 Å². The minimum Gasteiger partial charge on any atom is -0.494 e. The first-order valence-corrected chi connectivity index (χ1v) is 6.08. The van der Waals surface area contributed by atoms with E-state index in [9.17, 15) is 4.39 Å². The topological polar surface area (TPSA) is 42.5 Å². The third kappa shape index (κ3) is 2.80. The van der Waals surface area contributed by atoms with Crippen LogP contribution in [0.4, 0.5) is 4.39 Å². The van der Waals surface area contributed by atoms with Gasteiger partial charge in [0.05, 0.1) is 26.4 Å². The molecule has 2 atom stereocenters. The van der Waals surface area contributed by atoms with Gasteiger partial charge in [-0.15, -0.1) is 0 Å². The van der Waals surface area contributed by atoms with Gasteiger partial charge in [-0.25, -0.2) is 4.39 Å². The normalized spacial score (nSPS) is 21.6. The first-order valence-electron chi connectivity index (χ1n) is 6.08. The first-order chi connectivity index (χ1) is 8.76. The van der Waals surface area contributed by atoms with E-state index in [1.807, 2.05) is 13.1 Å². The Morgan fingerprint density at radius 3 is 2.94 bits per heavy atom. The molecule has 100 valence electrons. The van der Waals surface area contributed by atoms with Gasteiger partial charge in [-0.1, -0.05) is 6.07 Å². The number of halogens is 1. The Labute approximate surface area is 106 Å². The standard InChI is InChI=1S/C13H19FN2O2/c1-15-13(11-8-18-6-5-16-11)9-3-4-12(17-2)10(14)7-9/h3-4,7,11,13,15-16H,5-6,8H2,1-2H3. The Kier molecular flexibility index (Phi) is 4.52. The van der Waals surface area contributed by atoms with Crippen LogP contribution in [0.3, 0.4) is 0 Å². The maximum absolute atomic E-state index is 13.7. The molecule has 1 aliphatic heterocycles. The van der Waals surface area contributed by atoms with Crippen molar-refractivity contribution in [2.45, 2.75) is 12.1 Å². The van der Waals surface area contributed by atoms with Crippen LogP contribution in [0.5, 0.6) is 5.75 Å². The number of rotatable bonds is 4. The van der Waals surface area contributed by atoms with Crippen LogP contribution >= 0.6 is 0 Å². The fraction of sp³-hybridized carbons (Fsp3) is 0.538. The van der Waals surface area contributed by atoms with Crippen molar-refractivity contribution >= 4 is 0 Å². The fourth-order valence-corrected chi connectivity index (χ4v) is 2.28. The third-order valence-corrected chi connectivity index (χ3v) is 3.20. The number of methoxy groups -OCH3 is 1. The molecule has 0 aliphatic carbocycles. The van der Waals surface area contributed by atoms with Gasteiger partial charge in [0.15, 0.2) is 11.6 Å². The number of benzene rings is 1. The summed E-state index contributed by atoms with van der Waals surface area (Å²) >= 11 is 0. The molecule has 5 heteroatoms. The van der Waals surface area contributed by atoms with Gasteiger partial charge in [0, 0.05) is 12.6 Å². The summed E-state index contributed by atoms with van der Waals surface area (Å²) in [6.45, 7) is 2.17. The van der Waals surface area contributed by atoms with Crippen molar-refractivity contribution < 1.29 is 13.9 Å². The molecule has 0 spiro atoms. The van der Waals surface area contributed by atoms with Crippen LogP contribution in [0.2, 0.25) is 0 Å². The monoisotopic (exact) mass is 254 g/mol. The van der Waals surface area contributed by atoms with E-state index in [4.69, 9.17) is 9.47 Å². The summed E-state index contributed by atoms with van der Waals surface area (Å²) in [5, 5.41) is 6.58. The van der Waals surface area contributed by atoms with Crippen LogP contribution in [-0.2, 0) is 4.74 Å². The minimum atomic E-state index is -0.341. The molecule has 1 heterocycles. The van der Waals surface area contributed by atoms with E-state index in [-0.39, 0.29) is 23.7 Å². The molecule has 0 amide bonds. The highest BCUT2D eigenvalue weighted by Crippen LogP contribution is 2.24. The summed E-state index contributed by atoms with van der Waals surface area (Å²) in [5.41, 5.74) is 0.888. The Bertz CT molecular complexity index is 395. The quantitative estimate of drug-likeness (QED) is 0.844. The van der Waals surface area contributed by atoms with Crippen LogP contribution in [0.15, 0.2) is 18.2 Å². The van der Waals surface area contributed by atoms with Gasteiger partial charge in [0.1, 0.15) is 0 Å². The molecule has 2 rings (SSSR count). The molecular weight excluding hydrogens is 235 g/mol. The van der Waals surface area contributed by atoms with E-state index in [2.05, 4.69) is 10.6 Å². The van der Waals surface area contributed by atoms with Crippen molar-refractivity contribution in [2.24, 2.45) is 0 Å². The summed E-state index contributed by atoms with van der Waals surface area (Å²) < 4.78 is 24.1. The zero-order valence-corrected chi connectivity index (χ0v) is 10.7. The molecule has 1 fully saturated rings. The summed E-state index contributed by atoms with van der Waals surface area (Å²) in [6, 6.07) is 5.20. The highest BCUT2D eigenvalue weighted by atomic mass is 19.1. The van der Waals surface area contributed by atoms with E-state index in [0.29, 0.717) is 6.61 Å². The maximum Gasteiger partial charge on any atom is 0.165 e. The second kappa shape index (κ2) is 6.13. The molecule has 18 heavy (non-hydrogen) atoms. The van der Waals surface area contributed by atoms with Crippen molar-refractivity contribution in [3.05, 3.63) is 29.6 Å². The van der Waals surface area contributed by atoms with Crippen LogP contribution in [0.25, 0.3) is 0 Å². The lowest BCUT2D eigenvalue weighted by Gasteiger charge is -2.31. The molecule has 1 aromatic rings. The Morgan fingerprint density at radius 2 is 2.39 bits per heavy atom. The van der Waals surface area contributed by atoms with Crippen molar-refractivity contribution in [2.75, 3.05) is 33.9 Å². The molecule has 2 N–H and O–H groups in total. The third-order valence-electron chi connectivity index (χ3n) is 3.20. The largest absolute Gasteiger partial charge is 0.494 e. The first kappa shape index (κ1) is 13.3. The maximum atomic E-state index is 13.7. The summed E-state index contributed by atoms with van der Waals surface area (Å²) in [6.07, 6.45) is 0. The fourth-order valence-electron chi connectivity index (χ4n) is 2.28. The average Bonchev–Trinajstić information content (AvgIpc) is 2.41. The number of hydrogen-bond donors (Lipinski definition) is 2. The summed E-state index contributed by atoms with van der Waals surface area (Å²) in [7, 11) is 3.33. The van der Waals surface area contributed by atoms with Crippen LogP contribution in [-0.4, -0.2) is 40.0 Å². The minimum absolute atomic E-state index is 0.0192. The number of likely N-dealkylation sites (N-methyl/N-ethyl adjacent to an activating group) is 1. The highest BCUT2D eigenvalue weighted by Gasteiger charge is 2.24. The van der Waals surface area contributed by atoms with E-state index >= 15 is 0 Å². The Hall–Kier alpha value is -1.17. The zero-order chi connectivity index (χ0) is 13.0. The SMILES string of the molecule is CNC(c1ccc(OC)c(F)c1)C1COCCN1. The van der Waals surface area contributed by atoms with Crippen molar-refractivity contribution in [3.63, 3.8) is 0 Å². The molecule has 2 unspecified atom stereocenters. The lowest BCUT2D eigenvalue weighted by molar-refractivity contribution is 0.0645. The molecular formula is C13H19FN2O2. The predicted molar refractivity (Wildman–Crippen MR) is 67.4 cm³/mol. The van der Waals surface area contributed by atoms with Crippen molar-refractivity contribution in [3.8, 4) is 5.75 Å². The van der Waals surface area contributed by atoms with E-state index in [1.54, 1.807) is 6.07 Å². The summed E-state index contributed by atoms with van der Waals surface area (Å²) in [5.74, 6) is -0.0755. The van der Waals surface area contributed by atoms with Gasteiger partial charge in [0.2, 0.25) is 0 Å². The Morgan fingerprint density at radius 1 is 1.56 bits per heavy atom. The van der Waals surface area contributed by atoms with E-state index in [0.717, 1.165) is 18.7 Å². The molecule has 4 nitrogen and oxygen atoms in total. The second-order valence-corrected chi connectivity index (χ2v) is 4.30. The molecule has 0 radical (unpaired) electrons. The number of morpholine rings is 1. The van der Waals surface area contributed by atoms with Gasteiger partial charge in [-0.3, -0.25) is 0 Å². The van der Waals surface area contributed by atoms with Crippen molar-refractivity contribution in [1.82, 2.24) is 10.6 Å². The molecule has 1 saturated heterocycles. The second-order valence-electron chi connectivity index (χ2n) is 4.30. The molecule has 0 aromatic heterocycles. The average molecular weight is 254 g/mol. The van der Waals surface area contributed by atoms with Crippen LogP contribution < -0.4 is 15.4 Å².